The van der Waals surface area contributed by atoms with Crippen LogP contribution in [0.25, 0.3) is 16.7 Å². The van der Waals surface area contributed by atoms with Crippen LogP contribution in [-0.4, -0.2) is 49.5 Å². The molecule has 0 saturated carbocycles. The van der Waals surface area contributed by atoms with Crippen molar-refractivity contribution in [3.05, 3.63) is 52.4 Å². The summed E-state index contributed by atoms with van der Waals surface area (Å²) in [5, 5.41) is 6.01. The molecule has 1 saturated heterocycles. The molecule has 1 atom stereocenters. The first-order chi connectivity index (χ1) is 14.6. The fourth-order valence-electron chi connectivity index (χ4n) is 3.49. The Balaban J connectivity index is 1.56. The summed E-state index contributed by atoms with van der Waals surface area (Å²) < 4.78 is 15.4. The zero-order valence-corrected chi connectivity index (χ0v) is 17.1. The summed E-state index contributed by atoms with van der Waals surface area (Å²) in [6, 6.07) is 3.72. The van der Waals surface area contributed by atoms with E-state index < -0.39 is 5.91 Å². The predicted octanol–water partition coefficient (Wildman–Crippen LogP) is 2.07. The topological polar surface area (TPSA) is 110 Å². The molecule has 1 aliphatic rings. The van der Waals surface area contributed by atoms with Gasteiger partial charge in [0.05, 0.1) is 36.2 Å². The van der Waals surface area contributed by atoms with Crippen LogP contribution in [0.2, 0.25) is 0 Å². The van der Waals surface area contributed by atoms with Gasteiger partial charge in [0.25, 0.3) is 0 Å². The van der Waals surface area contributed by atoms with Gasteiger partial charge in [-0.1, -0.05) is 0 Å². The van der Waals surface area contributed by atoms with Crippen LogP contribution in [0.3, 0.4) is 0 Å². The average Bonchev–Trinajstić information content (AvgIpc) is 3.48. The molecule has 4 aromatic heterocycles. The van der Waals surface area contributed by atoms with Gasteiger partial charge in [-0.3, -0.25) is 9.48 Å². The van der Waals surface area contributed by atoms with E-state index in [0.717, 1.165) is 28.0 Å². The number of primary amides is 1. The van der Waals surface area contributed by atoms with Crippen LogP contribution >= 0.6 is 11.3 Å². The van der Waals surface area contributed by atoms with E-state index in [4.69, 9.17) is 25.2 Å². The molecule has 0 unspecified atom stereocenters. The van der Waals surface area contributed by atoms with Crippen molar-refractivity contribution in [1.82, 2.24) is 24.3 Å². The molecular formula is C20H20N6O3S. The highest BCUT2D eigenvalue weighted by Crippen LogP contribution is 2.29. The van der Waals surface area contributed by atoms with Crippen LogP contribution in [0.15, 0.2) is 36.1 Å². The van der Waals surface area contributed by atoms with Gasteiger partial charge in [-0.25, -0.2) is 4.98 Å². The number of carbonyl (C=O) groups excluding carboxylic acids is 1. The first-order valence-electron chi connectivity index (χ1n) is 9.55. The van der Waals surface area contributed by atoms with Crippen molar-refractivity contribution in [2.75, 3.05) is 13.2 Å². The Morgan fingerprint density at radius 1 is 1.43 bits per heavy atom. The number of nitrogens with two attached hydrogens (primary N) is 1. The number of fused-ring (bicyclic) bond motifs is 1. The molecule has 0 bridgehead atoms. The van der Waals surface area contributed by atoms with Crippen LogP contribution in [0.5, 0.6) is 5.88 Å². The van der Waals surface area contributed by atoms with E-state index in [1.807, 2.05) is 30.1 Å². The number of ether oxygens (including phenoxy) is 2. The Bertz CT molecular complexity index is 1220. The van der Waals surface area contributed by atoms with E-state index >= 15 is 0 Å². The van der Waals surface area contributed by atoms with Gasteiger partial charge in [0.2, 0.25) is 11.8 Å². The molecule has 0 radical (unpaired) electrons. The molecule has 5 rings (SSSR count). The number of hydrogen-bond acceptors (Lipinski definition) is 7. The Labute approximate surface area is 176 Å². The zero-order valence-electron chi connectivity index (χ0n) is 16.3. The van der Waals surface area contributed by atoms with Crippen molar-refractivity contribution < 1.29 is 14.3 Å². The number of aryl methyl sites for hydroxylation is 1. The lowest BCUT2D eigenvalue weighted by molar-refractivity contribution is 0.100. The average molecular weight is 424 g/mol. The summed E-state index contributed by atoms with van der Waals surface area (Å²) in [7, 11) is 1.87. The SMILES string of the molecule is Cn1cc(-n2ccc3nc(Cc4cc(C(N)=O)cs4)nc(O[C@H]4CCOC4)c32)cn1. The van der Waals surface area contributed by atoms with Gasteiger partial charge in [0.15, 0.2) is 0 Å². The van der Waals surface area contributed by atoms with E-state index in [1.54, 1.807) is 22.3 Å². The van der Waals surface area contributed by atoms with Crippen molar-refractivity contribution >= 4 is 28.3 Å². The van der Waals surface area contributed by atoms with Crippen molar-refractivity contribution in [3.63, 3.8) is 0 Å². The van der Waals surface area contributed by atoms with Gasteiger partial charge in [0.1, 0.15) is 17.4 Å². The second-order valence-corrected chi connectivity index (χ2v) is 8.18. The Hall–Kier alpha value is -3.24. The van der Waals surface area contributed by atoms with Gasteiger partial charge in [-0.15, -0.1) is 11.3 Å². The molecule has 0 spiro atoms. The largest absolute Gasteiger partial charge is 0.470 e. The number of nitrogens with zero attached hydrogens (tertiary/aromatic N) is 5. The third-order valence-electron chi connectivity index (χ3n) is 4.95. The normalized spacial score (nSPS) is 16.4. The maximum absolute atomic E-state index is 11.4. The minimum Gasteiger partial charge on any atom is -0.470 e. The van der Waals surface area contributed by atoms with Gasteiger partial charge >= 0.3 is 0 Å². The van der Waals surface area contributed by atoms with Crippen molar-refractivity contribution in [2.45, 2.75) is 18.9 Å². The van der Waals surface area contributed by atoms with Crippen molar-refractivity contribution in [2.24, 2.45) is 12.8 Å². The maximum atomic E-state index is 11.4. The molecule has 9 nitrogen and oxygen atoms in total. The number of aromatic nitrogens is 5. The van der Waals surface area contributed by atoms with Crippen LogP contribution in [0.4, 0.5) is 0 Å². The number of hydrogen-bond donors (Lipinski definition) is 1. The highest BCUT2D eigenvalue weighted by atomic mass is 32.1. The number of rotatable bonds is 6. The van der Waals surface area contributed by atoms with E-state index in [9.17, 15) is 4.79 Å². The highest BCUT2D eigenvalue weighted by Gasteiger charge is 2.22. The second-order valence-electron chi connectivity index (χ2n) is 7.18. The van der Waals surface area contributed by atoms with Crippen LogP contribution in [0.1, 0.15) is 27.5 Å². The maximum Gasteiger partial charge on any atom is 0.249 e. The summed E-state index contributed by atoms with van der Waals surface area (Å²) in [5.74, 6) is 0.705. The summed E-state index contributed by atoms with van der Waals surface area (Å²) in [6.45, 7) is 1.22. The van der Waals surface area contributed by atoms with E-state index in [-0.39, 0.29) is 6.10 Å². The molecule has 0 aliphatic carbocycles. The summed E-state index contributed by atoms with van der Waals surface area (Å²) in [5.41, 5.74) is 8.34. The first kappa shape index (κ1) is 18.8. The molecule has 1 fully saturated rings. The fraction of sp³-hybridized carbons (Fsp3) is 0.300. The van der Waals surface area contributed by atoms with Gasteiger partial charge < -0.3 is 19.8 Å². The van der Waals surface area contributed by atoms with E-state index in [2.05, 4.69) is 5.10 Å². The molecule has 10 heteroatoms. The van der Waals surface area contributed by atoms with Crippen molar-refractivity contribution in [3.8, 4) is 11.6 Å². The highest BCUT2D eigenvalue weighted by molar-refractivity contribution is 7.10. The third kappa shape index (κ3) is 3.55. The number of carbonyl (C=O) groups is 1. The fourth-order valence-corrected chi connectivity index (χ4v) is 4.36. The van der Waals surface area contributed by atoms with Gasteiger partial charge in [-0.2, -0.15) is 10.1 Å². The van der Waals surface area contributed by atoms with Crippen LogP contribution in [0, 0.1) is 0 Å². The van der Waals surface area contributed by atoms with Gasteiger partial charge in [0, 0.05) is 42.5 Å². The summed E-state index contributed by atoms with van der Waals surface area (Å²) >= 11 is 1.46. The van der Waals surface area contributed by atoms with Crippen molar-refractivity contribution in [1.29, 1.82) is 0 Å². The minimum absolute atomic E-state index is 0.0450. The van der Waals surface area contributed by atoms with E-state index in [1.165, 1.54) is 11.3 Å². The van der Waals surface area contributed by atoms with Gasteiger partial charge in [-0.05, 0) is 12.1 Å². The third-order valence-corrected chi connectivity index (χ3v) is 5.89. The zero-order chi connectivity index (χ0) is 20.7. The lowest BCUT2D eigenvalue weighted by atomic mass is 10.2. The second kappa shape index (κ2) is 7.54. The monoisotopic (exact) mass is 424 g/mol. The smallest absolute Gasteiger partial charge is 0.249 e. The Kier molecular flexibility index (Phi) is 4.72. The quantitative estimate of drug-likeness (QED) is 0.507. The summed E-state index contributed by atoms with van der Waals surface area (Å²) in [4.78, 5) is 21.8. The first-order valence-corrected chi connectivity index (χ1v) is 10.4. The van der Waals surface area contributed by atoms with Crippen LogP contribution < -0.4 is 10.5 Å². The number of amides is 1. The summed E-state index contributed by atoms with van der Waals surface area (Å²) in [6.07, 6.45) is 6.91. The molecule has 4 aromatic rings. The number of thiophene rings is 1. The molecule has 2 N–H and O–H groups in total. The molecule has 0 aromatic carbocycles. The minimum atomic E-state index is -0.437. The predicted molar refractivity (Wildman–Crippen MR) is 111 cm³/mol. The Morgan fingerprint density at radius 2 is 2.33 bits per heavy atom. The lowest BCUT2D eigenvalue weighted by Crippen LogP contribution is -2.18. The lowest BCUT2D eigenvalue weighted by Gasteiger charge is -2.14. The van der Waals surface area contributed by atoms with E-state index in [0.29, 0.717) is 36.9 Å². The molecule has 30 heavy (non-hydrogen) atoms. The Morgan fingerprint density at radius 3 is 3.03 bits per heavy atom. The standard InChI is InChI=1S/C20H20N6O3S/c1-25-9-13(8-22-25)26-4-2-16-18(26)20(29-14-3-5-28-10-14)24-17(23-16)7-15-6-12(11-30-15)19(21)27/h2,4,6,8-9,11,14H,3,5,7,10H2,1H3,(H2,21,27)/t14-/m0/s1. The molecule has 1 amide bonds. The molecule has 154 valence electrons. The molecule has 1 aliphatic heterocycles. The van der Waals surface area contributed by atoms with Crippen LogP contribution in [-0.2, 0) is 18.2 Å². The molecule has 5 heterocycles. The molecular weight excluding hydrogens is 404 g/mol.